The number of hydrogen-bond donors (Lipinski definition) is 2. The van der Waals surface area contributed by atoms with Gasteiger partial charge < -0.3 is 10.1 Å². The maximum atomic E-state index is 12.5. The first-order valence-corrected chi connectivity index (χ1v) is 10.9. The molecule has 2 aromatic carbocycles. The van der Waals surface area contributed by atoms with Crippen molar-refractivity contribution in [3.05, 3.63) is 70.8 Å². The fourth-order valence-corrected chi connectivity index (χ4v) is 3.79. The lowest BCUT2D eigenvalue weighted by atomic mass is 9.95. The van der Waals surface area contributed by atoms with E-state index in [2.05, 4.69) is 10.0 Å². The highest BCUT2D eigenvalue weighted by Gasteiger charge is 2.19. The summed E-state index contributed by atoms with van der Waals surface area (Å²) in [6.07, 6.45) is 0.378. The number of amides is 1. The van der Waals surface area contributed by atoms with Crippen LogP contribution < -0.4 is 10.0 Å². The van der Waals surface area contributed by atoms with E-state index in [9.17, 15) is 13.2 Å². The molecule has 1 amide bonds. The Morgan fingerprint density at radius 1 is 1.04 bits per heavy atom. The minimum atomic E-state index is -3.52. The number of ether oxygens (including phenoxy) is 1. The molecule has 2 aromatic rings. The summed E-state index contributed by atoms with van der Waals surface area (Å²) < 4.78 is 31.2. The van der Waals surface area contributed by atoms with Crippen molar-refractivity contribution in [3.63, 3.8) is 0 Å². The summed E-state index contributed by atoms with van der Waals surface area (Å²) in [6, 6.07) is 15.3. The third-order valence-electron chi connectivity index (χ3n) is 4.52. The molecular formula is C21H28N2O4S. The number of carbonyl (C=O) groups excluding carboxylic acids is 1. The molecule has 0 fully saturated rings. The fraction of sp³-hybridized carbons (Fsp3) is 0.381. The van der Waals surface area contributed by atoms with Crippen LogP contribution in [0.4, 0.5) is 0 Å². The Kier molecular flexibility index (Phi) is 8.17. The molecule has 0 aliphatic rings. The monoisotopic (exact) mass is 404 g/mol. The van der Waals surface area contributed by atoms with Crippen molar-refractivity contribution in [1.82, 2.24) is 10.0 Å². The summed E-state index contributed by atoms with van der Waals surface area (Å²) >= 11 is 0. The van der Waals surface area contributed by atoms with Gasteiger partial charge in [-0.2, -0.15) is 0 Å². The summed E-state index contributed by atoms with van der Waals surface area (Å²) in [4.78, 5) is 12.5. The van der Waals surface area contributed by atoms with E-state index in [1.807, 2.05) is 62.4 Å². The second-order valence-corrected chi connectivity index (χ2v) is 8.67. The standard InChI is InChI=1S/C21H28N2O4S/c1-16-10-11-19(14-17(16)2)21(18-8-5-4-6-9-18)23-20(24)15-22-28(25,26)13-7-12-27-3/h4-6,8-11,14,21-22H,7,12-13,15H2,1-3H3,(H,23,24)/t21-/m0/s1. The third kappa shape index (κ3) is 6.74. The van der Waals surface area contributed by atoms with Crippen LogP contribution in [0.1, 0.15) is 34.7 Å². The molecule has 152 valence electrons. The molecule has 0 radical (unpaired) electrons. The molecule has 0 saturated heterocycles. The van der Waals surface area contributed by atoms with Crippen LogP contribution in [-0.2, 0) is 19.6 Å². The Morgan fingerprint density at radius 3 is 2.39 bits per heavy atom. The van der Waals surface area contributed by atoms with Gasteiger partial charge in [0, 0.05) is 13.7 Å². The summed E-state index contributed by atoms with van der Waals surface area (Å²) in [5.74, 6) is -0.463. The highest BCUT2D eigenvalue weighted by atomic mass is 32.2. The van der Waals surface area contributed by atoms with Crippen molar-refractivity contribution in [2.24, 2.45) is 0 Å². The highest BCUT2D eigenvalue weighted by Crippen LogP contribution is 2.24. The van der Waals surface area contributed by atoms with Gasteiger partial charge >= 0.3 is 0 Å². The van der Waals surface area contributed by atoms with Crippen molar-refractivity contribution in [2.45, 2.75) is 26.3 Å². The average molecular weight is 405 g/mol. The predicted molar refractivity (Wildman–Crippen MR) is 111 cm³/mol. The topological polar surface area (TPSA) is 84.5 Å². The van der Waals surface area contributed by atoms with Gasteiger partial charge in [0.25, 0.3) is 0 Å². The van der Waals surface area contributed by atoms with Gasteiger partial charge in [-0.15, -0.1) is 0 Å². The van der Waals surface area contributed by atoms with Crippen LogP contribution in [-0.4, -0.2) is 40.3 Å². The average Bonchev–Trinajstić information content (AvgIpc) is 2.68. The van der Waals surface area contributed by atoms with Gasteiger partial charge in [0.05, 0.1) is 18.3 Å². The maximum absolute atomic E-state index is 12.5. The smallest absolute Gasteiger partial charge is 0.235 e. The van der Waals surface area contributed by atoms with Crippen LogP contribution in [0.3, 0.4) is 0 Å². The first-order chi connectivity index (χ1) is 13.3. The zero-order valence-electron chi connectivity index (χ0n) is 16.6. The molecule has 2 N–H and O–H groups in total. The molecule has 0 aromatic heterocycles. The van der Waals surface area contributed by atoms with Crippen molar-refractivity contribution in [3.8, 4) is 0 Å². The summed E-state index contributed by atoms with van der Waals surface area (Å²) in [5.41, 5.74) is 4.19. The molecule has 0 saturated carbocycles. The summed E-state index contributed by atoms with van der Waals surface area (Å²) in [6.45, 7) is 4.11. The van der Waals surface area contributed by atoms with Gasteiger partial charge in [-0.25, -0.2) is 13.1 Å². The molecule has 28 heavy (non-hydrogen) atoms. The minimum Gasteiger partial charge on any atom is -0.385 e. The molecule has 6 nitrogen and oxygen atoms in total. The zero-order chi connectivity index (χ0) is 20.6. The number of hydrogen-bond acceptors (Lipinski definition) is 4. The predicted octanol–water partition coefficient (Wildman–Crippen LogP) is 2.46. The van der Waals surface area contributed by atoms with E-state index in [1.165, 1.54) is 12.7 Å². The molecule has 0 unspecified atom stereocenters. The Bertz CT molecular complexity index is 883. The Labute approximate surface area is 167 Å². The van der Waals surface area contributed by atoms with Crippen LogP contribution >= 0.6 is 0 Å². The van der Waals surface area contributed by atoms with E-state index in [-0.39, 0.29) is 24.2 Å². The second-order valence-electron chi connectivity index (χ2n) is 6.74. The quantitative estimate of drug-likeness (QED) is 0.596. The number of rotatable bonds is 10. The lowest BCUT2D eigenvalue weighted by molar-refractivity contribution is -0.120. The van der Waals surface area contributed by atoms with Gasteiger partial charge in [0.15, 0.2) is 0 Å². The van der Waals surface area contributed by atoms with Crippen molar-refractivity contribution in [2.75, 3.05) is 26.0 Å². The number of carbonyl (C=O) groups is 1. The SMILES string of the molecule is COCCCS(=O)(=O)NCC(=O)N[C@@H](c1ccccc1)c1ccc(C)c(C)c1. The van der Waals surface area contributed by atoms with E-state index in [1.54, 1.807) is 0 Å². The van der Waals surface area contributed by atoms with Gasteiger partial charge in [-0.05, 0) is 42.5 Å². The molecule has 2 rings (SSSR count). The van der Waals surface area contributed by atoms with E-state index in [0.717, 1.165) is 16.7 Å². The van der Waals surface area contributed by atoms with Crippen LogP contribution in [0.2, 0.25) is 0 Å². The number of methoxy groups -OCH3 is 1. The number of benzene rings is 2. The van der Waals surface area contributed by atoms with Crippen molar-refractivity contribution < 1.29 is 17.9 Å². The summed E-state index contributed by atoms with van der Waals surface area (Å²) in [7, 11) is -2.00. The Balaban J connectivity index is 2.10. The van der Waals surface area contributed by atoms with Gasteiger partial charge in [0.2, 0.25) is 15.9 Å². The van der Waals surface area contributed by atoms with Crippen LogP contribution in [0.5, 0.6) is 0 Å². The van der Waals surface area contributed by atoms with Crippen LogP contribution in [0.25, 0.3) is 0 Å². The first-order valence-electron chi connectivity index (χ1n) is 9.20. The van der Waals surface area contributed by atoms with Crippen LogP contribution in [0, 0.1) is 13.8 Å². The zero-order valence-corrected chi connectivity index (χ0v) is 17.4. The summed E-state index contributed by atoms with van der Waals surface area (Å²) in [5, 5.41) is 2.95. The van der Waals surface area contributed by atoms with Crippen LogP contribution in [0.15, 0.2) is 48.5 Å². The van der Waals surface area contributed by atoms with E-state index >= 15 is 0 Å². The number of aryl methyl sites for hydroxylation is 2. The molecule has 0 bridgehead atoms. The fourth-order valence-electron chi connectivity index (χ4n) is 2.80. The van der Waals surface area contributed by atoms with Gasteiger partial charge in [-0.3, -0.25) is 4.79 Å². The Hall–Kier alpha value is -2.22. The van der Waals surface area contributed by atoms with Gasteiger partial charge in [0.1, 0.15) is 0 Å². The van der Waals surface area contributed by atoms with E-state index in [0.29, 0.717) is 13.0 Å². The maximum Gasteiger partial charge on any atom is 0.235 e. The molecule has 0 aliphatic heterocycles. The third-order valence-corrected chi connectivity index (χ3v) is 5.93. The highest BCUT2D eigenvalue weighted by molar-refractivity contribution is 7.89. The molecule has 0 aliphatic carbocycles. The van der Waals surface area contributed by atoms with Gasteiger partial charge in [-0.1, -0.05) is 48.5 Å². The van der Waals surface area contributed by atoms with E-state index in [4.69, 9.17) is 4.74 Å². The first kappa shape index (κ1) is 22.1. The minimum absolute atomic E-state index is 0.0760. The van der Waals surface area contributed by atoms with Crippen molar-refractivity contribution in [1.29, 1.82) is 0 Å². The molecule has 1 atom stereocenters. The molecule has 0 heterocycles. The normalized spacial score (nSPS) is 12.5. The lowest BCUT2D eigenvalue weighted by Gasteiger charge is -2.21. The van der Waals surface area contributed by atoms with E-state index < -0.39 is 10.0 Å². The molecule has 7 heteroatoms. The van der Waals surface area contributed by atoms with Crippen molar-refractivity contribution >= 4 is 15.9 Å². The Morgan fingerprint density at radius 2 is 1.75 bits per heavy atom. The largest absolute Gasteiger partial charge is 0.385 e. The lowest BCUT2D eigenvalue weighted by Crippen LogP contribution is -2.39. The number of nitrogens with one attached hydrogen (secondary N) is 2. The molecular weight excluding hydrogens is 376 g/mol. The second kappa shape index (κ2) is 10.4. The molecule has 0 spiro atoms. The number of sulfonamides is 1.